The van der Waals surface area contributed by atoms with Gasteiger partial charge in [-0.25, -0.2) is 15.0 Å². The summed E-state index contributed by atoms with van der Waals surface area (Å²) < 4.78 is 0. The molecule has 0 atom stereocenters. The van der Waals surface area contributed by atoms with E-state index >= 15 is 0 Å². The Balaban J connectivity index is 1.25. The normalized spacial score (nSPS) is 11.6. The molecule has 0 aliphatic heterocycles. The van der Waals surface area contributed by atoms with Crippen molar-refractivity contribution in [2.75, 3.05) is 5.32 Å². The maximum Gasteiger partial charge on any atom is 0.152 e. The van der Waals surface area contributed by atoms with Crippen molar-refractivity contribution in [2.24, 2.45) is 0 Å². The predicted octanol–water partition coefficient (Wildman–Crippen LogP) is 5.89. The monoisotopic (exact) mass is 473 g/mol. The SMILES string of the molecule is Clc1cnc2ccc(Cc3nc4ccnc(NCc5cnc6[nH]cc(Cl)c6c5)c4[nH]3)cc2c1. The Morgan fingerprint density at radius 3 is 2.79 bits per heavy atom. The van der Waals surface area contributed by atoms with Crippen LogP contribution in [0.3, 0.4) is 0 Å². The number of anilines is 1. The summed E-state index contributed by atoms with van der Waals surface area (Å²) >= 11 is 12.3. The summed E-state index contributed by atoms with van der Waals surface area (Å²) in [5.41, 5.74) is 5.54. The number of nitrogens with one attached hydrogen (secondary N) is 3. The lowest BCUT2D eigenvalue weighted by molar-refractivity contribution is 1.04. The zero-order valence-corrected chi connectivity index (χ0v) is 18.7. The number of aromatic amines is 2. The van der Waals surface area contributed by atoms with Gasteiger partial charge in [0.05, 0.1) is 21.1 Å². The van der Waals surface area contributed by atoms with Gasteiger partial charge in [-0.1, -0.05) is 29.3 Å². The highest BCUT2D eigenvalue weighted by Crippen LogP contribution is 2.25. The van der Waals surface area contributed by atoms with E-state index in [1.807, 2.05) is 30.5 Å². The third-order valence-corrected chi connectivity index (χ3v) is 6.05. The molecule has 33 heavy (non-hydrogen) atoms. The fourth-order valence-electron chi connectivity index (χ4n) is 3.96. The lowest BCUT2D eigenvalue weighted by atomic mass is 10.1. The van der Waals surface area contributed by atoms with Gasteiger partial charge in [0.2, 0.25) is 0 Å². The molecule has 1 aromatic carbocycles. The number of hydrogen-bond donors (Lipinski definition) is 3. The first-order valence-electron chi connectivity index (χ1n) is 10.4. The van der Waals surface area contributed by atoms with Gasteiger partial charge >= 0.3 is 0 Å². The van der Waals surface area contributed by atoms with E-state index in [0.717, 1.165) is 55.7 Å². The molecule has 5 heterocycles. The van der Waals surface area contributed by atoms with E-state index in [4.69, 9.17) is 28.2 Å². The van der Waals surface area contributed by atoms with E-state index in [-0.39, 0.29) is 0 Å². The molecule has 0 radical (unpaired) electrons. The summed E-state index contributed by atoms with van der Waals surface area (Å²) in [5, 5.41) is 6.58. The Morgan fingerprint density at radius 2 is 1.85 bits per heavy atom. The maximum absolute atomic E-state index is 6.22. The van der Waals surface area contributed by atoms with Gasteiger partial charge in [0, 0.05) is 48.5 Å². The van der Waals surface area contributed by atoms with E-state index in [1.165, 1.54) is 0 Å². The standard InChI is InChI=1S/C24H17Cl2N7/c25-16-8-15-5-13(1-2-19(15)28-11-16)7-21-32-20-3-4-27-24(22(20)33-21)30-10-14-6-17-18(26)12-31-23(17)29-9-14/h1-6,8-9,11-12H,7,10H2,(H,27,30)(H,29,31)(H,32,33). The molecular formula is C24H17Cl2N7. The predicted molar refractivity (Wildman–Crippen MR) is 132 cm³/mol. The van der Waals surface area contributed by atoms with Gasteiger partial charge in [-0.2, -0.15) is 0 Å². The lowest BCUT2D eigenvalue weighted by Crippen LogP contribution is -2.02. The number of hydrogen-bond acceptors (Lipinski definition) is 5. The number of H-pyrrole nitrogens is 2. The molecule has 0 spiro atoms. The van der Waals surface area contributed by atoms with E-state index in [9.17, 15) is 0 Å². The third kappa shape index (κ3) is 3.86. The van der Waals surface area contributed by atoms with E-state index in [0.29, 0.717) is 23.0 Å². The first-order chi connectivity index (χ1) is 16.1. The topological polar surface area (TPSA) is 95.2 Å². The van der Waals surface area contributed by atoms with Crippen LogP contribution in [0.2, 0.25) is 10.0 Å². The highest BCUT2D eigenvalue weighted by atomic mass is 35.5. The molecule has 0 fully saturated rings. The van der Waals surface area contributed by atoms with Crippen LogP contribution in [0.25, 0.3) is 33.0 Å². The Labute approximate surface area is 198 Å². The van der Waals surface area contributed by atoms with Crippen LogP contribution in [0.5, 0.6) is 0 Å². The highest BCUT2D eigenvalue weighted by Gasteiger charge is 2.11. The van der Waals surface area contributed by atoms with Crippen molar-refractivity contribution in [3.63, 3.8) is 0 Å². The number of fused-ring (bicyclic) bond motifs is 3. The number of imidazole rings is 1. The molecule has 5 aromatic heterocycles. The molecule has 0 unspecified atom stereocenters. The number of halogens is 2. The van der Waals surface area contributed by atoms with Gasteiger partial charge in [0.15, 0.2) is 5.82 Å². The first kappa shape index (κ1) is 20.0. The zero-order chi connectivity index (χ0) is 22.4. The quantitative estimate of drug-likeness (QED) is 0.290. The summed E-state index contributed by atoms with van der Waals surface area (Å²) in [6.45, 7) is 0.559. The second-order valence-electron chi connectivity index (χ2n) is 7.82. The molecule has 0 saturated carbocycles. The zero-order valence-electron chi connectivity index (χ0n) is 17.2. The van der Waals surface area contributed by atoms with Crippen LogP contribution < -0.4 is 5.32 Å². The Bertz CT molecular complexity index is 1640. The minimum absolute atomic E-state index is 0.559. The fraction of sp³-hybridized carbons (Fsp3) is 0.0833. The van der Waals surface area contributed by atoms with Crippen LogP contribution in [0.1, 0.15) is 17.0 Å². The minimum atomic E-state index is 0.559. The van der Waals surface area contributed by atoms with Gasteiger partial charge < -0.3 is 15.3 Å². The van der Waals surface area contributed by atoms with Crippen molar-refractivity contribution in [1.29, 1.82) is 0 Å². The van der Waals surface area contributed by atoms with Crippen LogP contribution in [0.15, 0.2) is 61.2 Å². The van der Waals surface area contributed by atoms with Crippen LogP contribution in [0.4, 0.5) is 5.82 Å². The smallest absolute Gasteiger partial charge is 0.152 e. The molecule has 162 valence electrons. The van der Waals surface area contributed by atoms with Gasteiger partial charge in [0.1, 0.15) is 17.0 Å². The first-order valence-corrected chi connectivity index (χ1v) is 11.1. The molecule has 6 rings (SSSR count). The molecule has 0 aliphatic carbocycles. The van der Waals surface area contributed by atoms with Crippen LogP contribution in [-0.2, 0) is 13.0 Å². The molecule has 0 saturated heterocycles. The van der Waals surface area contributed by atoms with Gasteiger partial charge in [-0.05, 0) is 41.5 Å². The third-order valence-electron chi connectivity index (χ3n) is 5.53. The minimum Gasteiger partial charge on any atom is -0.364 e. The van der Waals surface area contributed by atoms with Crippen molar-refractivity contribution in [3.05, 3.63) is 88.2 Å². The summed E-state index contributed by atoms with van der Waals surface area (Å²) in [5.74, 6) is 1.60. The molecular weight excluding hydrogens is 457 g/mol. The molecule has 0 aliphatic rings. The Hall–Kier alpha value is -3.68. The van der Waals surface area contributed by atoms with Crippen molar-refractivity contribution in [3.8, 4) is 0 Å². The molecule has 9 heteroatoms. The maximum atomic E-state index is 6.22. The van der Waals surface area contributed by atoms with Gasteiger partial charge in [-0.15, -0.1) is 0 Å². The highest BCUT2D eigenvalue weighted by molar-refractivity contribution is 6.35. The van der Waals surface area contributed by atoms with E-state index in [1.54, 1.807) is 18.6 Å². The number of benzene rings is 1. The van der Waals surface area contributed by atoms with Crippen molar-refractivity contribution in [2.45, 2.75) is 13.0 Å². The summed E-state index contributed by atoms with van der Waals surface area (Å²) in [6.07, 6.45) is 7.63. The molecule has 0 amide bonds. The van der Waals surface area contributed by atoms with Crippen LogP contribution in [-0.4, -0.2) is 29.9 Å². The van der Waals surface area contributed by atoms with Crippen molar-refractivity contribution >= 4 is 62.0 Å². The molecule has 7 nitrogen and oxygen atoms in total. The average molecular weight is 474 g/mol. The second kappa shape index (κ2) is 8.03. The van der Waals surface area contributed by atoms with Crippen molar-refractivity contribution < 1.29 is 0 Å². The van der Waals surface area contributed by atoms with E-state index in [2.05, 4.69) is 42.4 Å². The number of aromatic nitrogens is 6. The fourth-order valence-corrected chi connectivity index (χ4v) is 4.32. The molecule has 6 aromatic rings. The van der Waals surface area contributed by atoms with Crippen LogP contribution in [0, 0.1) is 0 Å². The van der Waals surface area contributed by atoms with E-state index < -0.39 is 0 Å². The molecule has 0 bridgehead atoms. The number of nitrogens with zero attached hydrogens (tertiary/aromatic N) is 4. The number of pyridine rings is 3. The van der Waals surface area contributed by atoms with Gasteiger partial charge in [0.25, 0.3) is 0 Å². The Kier molecular flexibility index (Phi) is 4.86. The van der Waals surface area contributed by atoms with Gasteiger partial charge in [-0.3, -0.25) is 4.98 Å². The van der Waals surface area contributed by atoms with Crippen molar-refractivity contribution in [1.82, 2.24) is 29.9 Å². The average Bonchev–Trinajstić information content (AvgIpc) is 3.40. The summed E-state index contributed by atoms with van der Waals surface area (Å²) in [7, 11) is 0. The lowest BCUT2D eigenvalue weighted by Gasteiger charge is -2.06. The van der Waals surface area contributed by atoms with Crippen LogP contribution >= 0.6 is 23.2 Å². The summed E-state index contributed by atoms with van der Waals surface area (Å²) in [6, 6.07) is 12.0. The Morgan fingerprint density at radius 1 is 0.909 bits per heavy atom. The second-order valence-corrected chi connectivity index (χ2v) is 8.67. The largest absolute Gasteiger partial charge is 0.364 e. The molecule has 3 N–H and O–H groups in total. The summed E-state index contributed by atoms with van der Waals surface area (Å²) in [4.78, 5) is 24.5. The number of rotatable bonds is 5.